The number of aliphatic imine (C=N–C) groups is 1. The van der Waals surface area contributed by atoms with Crippen LogP contribution in [0.1, 0.15) is 24.0 Å². The number of hydrogen-bond acceptors (Lipinski definition) is 1. The van der Waals surface area contributed by atoms with E-state index in [1.807, 2.05) is 18.2 Å². The molecule has 0 spiro atoms. The van der Waals surface area contributed by atoms with Crippen molar-refractivity contribution in [1.82, 2.24) is 10.6 Å². The van der Waals surface area contributed by atoms with E-state index < -0.39 is 0 Å². The van der Waals surface area contributed by atoms with Crippen LogP contribution >= 0.6 is 0 Å². The third-order valence-corrected chi connectivity index (χ3v) is 4.47. The van der Waals surface area contributed by atoms with Gasteiger partial charge in [-0.3, -0.25) is 4.99 Å². The Morgan fingerprint density at radius 2 is 1.88 bits per heavy atom. The minimum atomic E-state index is -0.256. The van der Waals surface area contributed by atoms with Crippen LogP contribution in [-0.2, 0) is 12.0 Å². The molecular formula is C19H21F2N3. The molecule has 1 aliphatic carbocycles. The molecule has 0 saturated heterocycles. The van der Waals surface area contributed by atoms with E-state index in [1.54, 1.807) is 19.2 Å². The van der Waals surface area contributed by atoms with Crippen LogP contribution in [0.4, 0.5) is 8.78 Å². The van der Waals surface area contributed by atoms with E-state index in [2.05, 4.69) is 15.6 Å². The van der Waals surface area contributed by atoms with Gasteiger partial charge in [0.2, 0.25) is 0 Å². The molecule has 0 aliphatic heterocycles. The lowest BCUT2D eigenvalue weighted by atomic mass is 9.95. The molecule has 2 aromatic rings. The zero-order valence-corrected chi connectivity index (χ0v) is 13.7. The molecule has 126 valence electrons. The van der Waals surface area contributed by atoms with E-state index in [1.165, 1.54) is 18.2 Å². The van der Waals surface area contributed by atoms with Gasteiger partial charge < -0.3 is 10.6 Å². The van der Waals surface area contributed by atoms with E-state index in [0.29, 0.717) is 19.0 Å². The maximum Gasteiger partial charge on any atom is 0.191 e. The van der Waals surface area contributed by atoms with Crippen molar-refractivity contribution in [2.45, 2.75) is 24.8 Å². The number of nitrogens with one attached hydrogen (secondary N) is 2. The number of benzene rings is 2. The number of rotatable bonds is 5. The molecule has 3 rings (SSSR count). The van der Waals surface area contributed by atoms with Gasteiger partial charge in [-0.1, -0.05) is 30.3 Å². The maximum atomic E-state index is 14.0. The summed E-state index contributed by atoms with van der Waals surface area (Å²) in [5, 5.41) is 6.42. The van der Waals surface area contributed by atoms with E-state index in [4.69, 9.17) is 0 Å². The predicted molar refractivity (Wildman–Crippen MR) is 91.9 cm³/mol. The van der Waals surface area contributed by atoms with Crippen molar-refractivity contribution in [3.63, 3.8) is 0 Å². The molecule has 1 fully saturated rings. The Morgan fingerprint density at radius 3 is 2.54 bits per heavy atom. The molecule has 1 saturated carbocycles. The van der Waals surface area contributed by atoms with Crippen LogP contribution in [0.3, 0.4) is 0 Å². The first-order valence-corrected chi connectivity index (χ1v) is 8.07. The quantitative estimate of drug-likeness (QED) is 0.652. The highest BCUT2D eigenvalue weighted by Crippen LogP contribution is 2.48. The van der Waals surface area contributed by atoms with Gasteiger partial charge >= 0.3 is 0 Å². The van der Waals surface area contributed by atoms with Crippen molar-refractivity contribution in [3.05, 3.63) is 71.3 Å². The molecule has 3 nitrogen and oxygen atoms in total. The highest BCUT2D eigenvalue weighted by molar-refractivity contribution is 5.79. The molecule has 2 aromatic carbocycles. The van der Waals surface area contributed by atoms with Crippen LogP contribution < -0.4 is 10.6 Å². The zero-order chi connectivity index (χ0) is 17.0. The molecule has 2 N–H and O–H groups in total. The van der Waals surface area contributed by atoms with Gasteiger partial charge in [0, 0.05) is 25.6 Å². The summed E-state index contributed by atoms with van der Waals surface area (Å²) in [5.74, 6) is 0.218. The molecule has 0 bridgehead atoms. The second-order valence-corrected chi connectivity index (χ2v) is 6.17. The number of halogens is 2. The Labute approximate surface area is 140 Å². The average Bonchev–Trinajstić information content (AvgIpc) is 3.36. The second kappa shape index (κ2) is 6.99. The Kier molecular flexibility index (Phi) is 4.79. The fourth-order valence-electron chi connectivity index (χ4n) is 2.89. The lowest BCUT2D eigenvalue weighted by Gasteiger charge is -2.19. The molecule has 0 radical (unpaired) electrons. The minimum absolute atomic E-state index is 0.151. The lowest BCUT2D eigenvalue weighted by molar-refractivity contribution is 0.559. The topological polar surface area (TPSA) is 36.4 Å². The molecule has 0 unspecified atom stereocenters. The monoisotopic (exact) mass is 329 g/mol. The molecule has 24 heavy (non-hydrogen) atoms. The molecule has 0 heterocycles. The van der Waals surface area contributed by atoms with E-state index in [0.717, 1.165) is 24.0 Å². The standard InChI is InChI=1S/C19H21F2N3/c1-22-18(23-12-14-5-4-6-15(20)11-14)24-13-19(9-10-19)16-7-2-3-8-17(16)21/h2-8,11H,9-10,12-13H2,1H3,(H2,22,23,24). The lowest BCUT2D eigenvalue weighted by Crippen LogP contribution is -2.41. The van der Waals surface area contributed by atoms with Crippen LogP contribution in [0.15, 0.2) is 53.5 Å². The van der Waals surface area contributed by atoms with Gasteiger partial charge in [-0.15, -0.1) is 0 Å². The van der Waals surface area contributed by atoms with Crippen LogP contribution in [-0.4, -0.2) is 19.6 Å². The van der Waals surface area contributed by atoms with Crippen molar-refractivity contribution in [2.24, 2.45) is 4.99 Å². The predicted octanol–water partition coefficient (Wildman–Crippen LogP) is 3.36. The van der Waals surface area contributed by atoms with Crippen LogP contribution in [0.25, 0.3) is 0 Å². The summed E-state index contributed by atoms with van der Waals surface area (Å²) in [4.78, 5) is 4.18. The molecule has 0 aromatic heterocycles. The number of hydrogen-bond donors (Lipinski definition) is 2. The first-order valence-electron chi connectivity index (χ1n) is 8.07. The summed E-state index contributed by atoms with van der Waals surface area (Å²) in [5.41, 5.74) is 1.45. The Hall–Kier alpha value is -2.43. The molecular weight excluding hydrogens is 308 g/mol. The summed E-state index contributed by atoms with van der Waals surface area (Å²) < 4.78 is 27.2. The van der Waals surface area contributed by atoms with Crippen LogP contribution in [0.5, 0.6) is 0 Å². The van der Waals surface area contributed by atoms with Crippen LogP contribution in [0.2, 0.25) is 0 Å². The van der Waals surface area contributed by atoms with E-state index >= 15 is 0 Å². The Morgan fingerprint density at radius 1 is 1.08 bits per heavy atom. The fraction of sp³-hybridized carbons (Fsp3) is 0.316. The van der Waals surface area contributed by atoms with Gasteiger partial charge in [0.05, 0.1) is 0 Å². The van der Waals surface area contributed by atoms with Crippen molar-refractivity contribution >= 4 is 5.96 Å². The molecule has 0 amide bonds. The average molecular weight is 329 g/mol. The summed E-state index contributed by atoms with van der Waals surface area (Å²) in [6, 6.07) is 13.4. The third-order valence-electron chi connectivity index (χ3n) is 4.47. The summed E-state index contributed by atoms with van der Waals surface area (Å²) in [7, 11) is 1.68. The van der Waals surface area contributed by atoms with E-state index in [9.17, 15) is 8.78 Å². The minimum Gasteiger partial charge on any atom is -0.356 e. The summed E-state index contributed by atoms with van der Waals surface area (Å²) in [6.45, 7) is 1.10. The molecule has 1 aliphatic rings. The summed E-state index contributed by atoms with van der Waals surface area (Å²) >= 11 is 0. The number of nitrogens with zero attached hydrogens (tertiary/aromatic N) is 1. The Balaban J connectivity index is 1.58. The van der Waals surface area contributed by atoms with Crippen LogP contribution in [0, 0.1) is 11.6 Å². The van der Waals surface area contributed by atoms with Crippen molar-refractivity contribution in [1.29, 1.82) is 0 Å². The Bertz CT molecular complexity index is 739. The zero-order valence-electron chi connectivity index (χ0n) is 13.7. The SMILES string of the molecule is CN=C(NCc1cccc(F)c1)NCC1(c2ccccc2F)CC1. The first kappa shape index (κ1) is 16.4. The third kappa shape index (κ3) is 3.72. The van der Waals surface area contributed by atoms with Crippen molar-refractivity contribution in [3.8, 4) is 0 Å². The van der Waals surface area contributed by atoms with Gasteiger partial charge in [-0.05, 0) is 42.2 Å². The molecule has 0 atom stereocenters. The maximum absolute atomic E-state index is 14.0. The van der Waals surface area contributed by atoms with Crippen molar-refractivity contribution < 1.29 is 8.78 Å². The number of guanidine groups is 1. The summed E-state index contributed by atoms with van der Waals surface area (Å²) in [6.07, 6.45) is 1.92. The second-order valence-electron chi connectivity index (χ2n) is 6.17. The molecule has 5 heteroatoms. The fourth-order valence-corrected chi connectivity index (χ4v) is 2.89. The highest BCUT2D eigenvalue weighted by atomic mass is 19.1. The largest absolute Gasteiger partial charge is 0.356 e. The van der Waals surface area contributed by atoms with Crippen molar-refractivity contribution in [2.75, 3.05) is 13.6 Å². The smallest absolute Gasteiger partial charge is 0.191 e. The van der Waals surface area contributed by atoms with Gasteiger partial charge in [-0.2, -0.15) is 0 Å². The van der Waals surface area contributed by atoms with Gasteiger partial charge in [0.1, 0.15) is 11.6 Å². The van der Waals surface area contributed by atoms with Gasteiger partial charge in [0.15, 0.2) is 5.96 Å². The first-order chi connectivity index (χ1) is 11.6. The normalized spacial score (nSPS) is 15.9. The highest BCUT2D eigenvalue weighted by Gasteiger charge is 2.45. The van der Waals surface area contributed by atoms with Gasteiger partial charge in [0.25, 0.3) is 0 Å². The van der Waals surface area contributed by atoms with Gasteiger partial charge in [-0.25, -0.2) is 8.78 Å². The van der Waals surface area contributed by atoms with E-state index in [-0.39, 0.29) is 17.0 Å².